The van der Waals surface area contributed by atoms with E-state index in [-0.39, 0.29) is 29.4 Å². The van der Waals surface area contributed by atoms with Crippen LogP contribution >= 0.6 is 46.1 Å². The van der Waals surface area contributed by atoms with Gasteiger partial charge in [0.15, 0.2) is 27.8 Å². The summed E-state index contributed by atoms with van der Waals surface area (Å²) in [6, 6.07) is 12.9. The average Bonchev–Trinajstić information content (AvgIpc) is 3.33. The minimum atomic E-state index is -0.828. The Balaban J connectivity index is 1.59. The van der Waals surface area contributed by atoms with Gasteiger partial charge in [-0.25, -0.2) is 9.79 Å². The van der Waals surface area contributed by atoms with Crippen LogP contribution in [-0.4, -0.2) is 38.5 Å². The first-order chi connectivity index (χ1) is 22.1. The van der Waals surface area contributed by atoms with E-state index < -0.39 is 12.0 Å². The molecule has 5 rings (SSSR count). The number of carbonyl (C=O) groups is 1. The molecule has 0 radical (unpaired) electrons. The summed E-state index contributed by atoms with van der Waals surface area (Å²) in [4.78, 5) is 32.4. The molecule has 0 spiro atoms. The first-order valence-electron chi connectivity index (χ1n) is 14.0. The summed E-state index contributed by atoms with van der Waals surface area (Å²) in [5, 5.41) is 1.25. The molecule has 4 aromatic rings. The van der Waals surface area contributed by atoms with E-state index in [9.17, 15) is 9.59 Å². The lowest BCUT2D eigenvalue weighted by Gasteiger charge is -2.25. The van der Waals surface area contributed by atoms with E-state index >= 15 is 0 Å². The van der Waals surface area contributed by atoms with Crippen molar-refractivity contribution < 1.29 is 28.5 Å². The largest absolute Gasteiger partial charge is 0.493 e. The van der Waals surface area contributed by atoms with Gasteiger partial charge in [0.05, 0.1) is 54.8 Å². The normalized spacial score (nSPS) is 14.4. The topological polar surface area (TPSA) is 97.6 Å². The Morgan fingerprint density at radius 3 is 2.37 bits per heavy atom. The number of aromatic nitrogens is 1. The molecule has 0 N–H and O–H groups in total. The molecule has 9 nitrogen and oxygen atoms in total. The molecule has 1 aromatic heterocycles. The van der Waals surface area contributed by atoms with Crippen LogP contribution in [0.4, 0.5) is 0 Å². The molecule has 240 valence electrons. The zero-order valence-electron chi connectivity index (χ0n) is 25.5. The van der Waals surface area contributed by atoms with E-state index in [1.807, 2.05) is 0 Å². The van der Waals surface area contributed by atoms with Gasteiger partial charge in [-0.15, -0.1) is 0 Å². The third kappa shape index (κ3) is 6.62. The van der Waals surface area contributed by atoms with Gasteiger partial charge in [0.25, 0.3) is 5.56 Å². The van der Waals surface area contributed by atoms with Crippen molar-refractivity contribution in [1.82, 2.24) is 4.57 Å². The SMILES string of the molecule is CCOC(=O)C1=C(C)N=c2s/c(=C\c3cc(Cl)c(OCc4ccc(Cl)cc4Cl)c(OC)c3)c(=O)n2[C@@H]1c1ccc(OC)c(OC)c1. The molecule has 0 bridgehead atoms. The van der Waals surface area contributed by atoms with Crippen molar-refractivity contribution in [2.75, 3.05) is 27.9 Å². The highest BCUT2D eigenvalue weighted by Gasteiger charge is 2.34. The number of methoxy groups -OCH3 is 3. The Bertz CT molecular complexity index is 2040. The van der Waals surface area contributed by atoms with Crippen LogP contribution in [0, 0.1) is 0 Å². The number of hydrogen-bond donors (Lipinski definition) is 0. The van der Waals surface area contributed by atoms with Crippen LogP contribution in [0.15, 0.2) is 69.6 Å². The number of thiazole rings is 1. The highest BCUT2D eigenvalue weighted by atomic mass is 35.5. The van der Waals surface area contributed by atoms with Gasteiger partial charge >= 0.3 is 5.97 Å². The predicted molar refractivity (Wildman–Crippen MR) is 179 cm³/mol. The van der Waals surface area contributed by atoms with Gasteiger partial charge in [-0.1, -0.05) is 58.3 Å². The summed E-state index contributed by atoms with van der Waals surface area (Å²) < 4.78 is 29.7. The maximum Gasteiger partial charge on any atom is 0.338 e. The van der Waals surface area contributed by atoms with Crippen LogP contribution in [0.1, 0.15) is 36.6 Å². The van der Waals surface area contributed by atoms with Crippen molar-refractivity contribution >= 4 is 58.2 Å². The van der Waals surface area contributed by atoms with Gasteiger partial charge in [-0.3, -0.25) is 9.36 Å². The number of fused-ring (bicyclic) bond motifs is 1. The van der Waals surface area contributed by atoms with Gasteiger partial charge in [0.2, 0.25) is 0 Å². The van der Waals surface area contributed by atoms with Crippen molar-refractivity contribution in [3.8, 4) is 23.0 Å². The Kier molecular flexibility index (Phi) is 10.3. The third-order valence-corrected chi connectivity index (χ3v) is 9.03. The molecule has 2 heterocycles. The number of esters is 1. The molecule has 0 saturated carbocycles. The number of hydrogen-bond acceptors (Lipinski definition) is 9. The lowest BCUT2D eigenvalue weighted by atomic mass is 9.95. The third-order valence-electron chi connectivity index (χ3n) is 7.18. The second-order valence-electron chi connectivity index (χ2n) is 9.98. The smallest absolute Gasteiger partial charge is 0.338 e. The fourth-order valence-electron chi connectivity index (χ4n) is 5.03. The number of nitrogens with zero attached hydrogens (tertiary/aromatic N) is 2. The van der Waals surface area contributed by atoms with Crippen LogP contribution in [-0.2, 0) is 16.1 Å². The summed E-state index contributed by atoms with van der Waals surface area (Å²) in [7, 11) is 4.54. The fourth-order valence-corrected chi connectivity index (χ4v) is 6.82. The summed E-state index contributed by atoms with van der Waals surface area (Å²) in [6.45, 7) is 3.73. The van der Waals surface area contributed by atoms with E-state index in [0.717, 1.165) is 5.56 Å². The first kappa shape index (κ1) is 33.4. The number of benzene rings is 3. The van der Waals surface area contributed by atoms with E-state index in [0.29, 0.717) is 59.2 Å². The highest BCUT2D eigenvalue weighted by molar-refractivity contribution is 7.07. The average molecular weight is 704 g/mol. The monoisotopic (exact) mass is 702 g/mol. The maximum absolute atomic E-state index is 14.1. The predicted octanol–water partition coefficient (Wildman–Crippen LogP) is 6.36. The Morgan fingerprint density at radius 1 is 0.957 bits per heavy atom. The molecule has 0 aliphatic carbocycles. The van der Waals surface area contributed by atoms with Gasteiger partial charge in [0, 0.05) is 15.6 Å². The molecular weight excluding hydrogens is 675 g/mol. The molecular formula is C33H29Cl3N2O7S. The van der Waals surface area contributed by atoms with E-state index in [2.05, 4.69) is 4.99 Å². The van der Waals surface area contributed by atoms with E-state index in [1.165, 1.54) is 37.2 Å². The second-order valence-corrected chi connectivity index (χ2v) is 12.2. The van der Waals surface area contributed by atoms with Crippen molar-refractivity contribution in [2.45, 2.75) is 26.5 Å². The van der Waals surface area contributed by atoms with Crippen molar-refractivity contribution in [1.29, 1.82) is 0 Å². The quantitative estimate of drug-likeness (QED) is 0.177. The Labute approximate surface area is 283 Å². The summed E-state index contributed by atoms with van der Waals surface area (Å²) in [6.07, 6.45) is 1.69. The van der Waals surface area contributed by atoms with Crippen LogP contribution < -0.4 is 33.8 Å². The number of carbonyl (C=O) groups excluding carboxylic acids is 1. The fraction of sp³-hybridized carbons (Fsp3) is 0.242. The molecule has 0 fully saturated rings. The van der Waals surface area contributed by atoms with Crippen LogP contribution in [0.3, 0.4) is 0 Å². The number of ether oxygens (including phenoxy) is 5. The molecule has 46 heavy (non-hydrogen) atoms. The summed E-state index contributed by atoms with van der Waals surface area (Å²) in [5.74, 6) is 1.07. The lowest BCUT2D eigenvalue weighted by molar-refractivity contribution is -0.139. The van der Waals surface area contributed by atoms with Crippen molar-refractivity contribution in [3.63, 3.8) is 0 Å². The minimum Gasteiger partial charge on any atom is -0.493 e. The van der Waals surface area contributed by atoms with Gasteiger partial charge in [-0.05, 0) is 67.4 Å². The maximum atomic E-state index is 14.1. The van der Waals surface area contributed by atoms with Crippen molar-refractivity contribution in [3.05, 3.63) is 111 Å². The molecule has 0 unspecified atom stereocenters. The summed E-state index contributed by atoms with van der Waals surface area (Å²) >= 11 is 20.1. The zero-order chi connectivity index (χ0) is 33.1. The number of halogens is 3. The second kappa shape index (κ2) is 14.2. The zero-order valence-corrected chi connectivity index (χ0v) is 28.6. The van der Waals surface area contributed by atoms with Gasteiger partial charge in [0.1, 0.15) is 6.61 Å². The molecule has 0 amide bonds. The summed E-state index contributed by atoms with van der Waals surface area (Å²) in [5.41, 5.74) is 2.27. The van der Waals surface area contributed by atoms with E-state index in [4.69, 9.17) is 58.5 Å². The molecule has 1 aliphatic rings. The standard InChI is InChI=1S/C33H29Cl3N2O7S/c1-6-44-32(40)28-17(2)37-33-38(29(28)19-8-10-24(41-3)25(14-19)42-4)31(39)27(46-33)13-18-11-23(36)30(26(12-18)43-5)45-16-20-7-9-21(34)15-22(20)35/h7-15,29H,6,16H2,1-5H3/b27-13-/t29-/m1/s1. The van der Waals surface area contributed by atoms with E-state index in [1.54, 1.807) is 68.5 Å². The van der Waals surface area contributed by atoms with Crippen molar-refractivity contribution in [2.24, 2.45) is 4.99 Å². The molecule has 0 saturated heterocycles. The van der Waals surface area contributed by atoms with Gasteiger partial charge in [-0.2, -0.15) is 0 Å². The van der Waals surface area contributed by atoms with Crippen LogP contribution in [0.5, 0.6) is 23.0 Å². The highest BCUT2D eigenvalue weighted by Crippen LogP contribution is 2.38. The van der Waals surface area contributed by atoms with Crippen LogP contribution in [0.2, 0.25) is 15.1 Å². The van der Waals surface area contributed by atoms with Crippen LogP contribution in [0.25, 0.3) is 6.08 Å². The first-order valence-corrected chi connectivity index (χ1v) is 15.9. The molecule has 3 aromatic carbocycles. The Hall–Kier alpha value is -3.96. The molecule has 1 aliphatic heterocycles. The molecule has 1 atom stereocenters. The minimum absolute atomic E-state index is 0.127. The lowest BCUT2D eigenvalue weighted by Crippen LogP contribution is -2.40. The Morgan fingerprint density at radius 2 is 1.70 bits per heavy atom. The van der Waals surface area contributed by atoms with Gasteiger partial charge < -0.3 is 23.7 Å². The number of allylic oxidation sites excluding steroid dienone is 1. The molecule has 13 heteroatoms. The number of rotatable bonds is 10.